The van der Waals surface area contributed by atoms with Gasteiger partial charge in [-0.25, -0.2) is 0 Å². The van der Waals surface area contributed by atoms with Gasteiger partial charge in [0.25, 0.3) is 0 Å². The molecule has 1 aliphatic heterocycles. The molecule has 0 radical (unpaired) electrons. The number of nitrogens with zero attached hydrogens (tertiary/aromatic N) is 2. The Balaban J connectivity index is 2.22. The fraction of sp³-hybridized carbons (Fsp3) is 0.0625. The molecule has 0 atom stereocenters. The molecule has 0 aliphatic carbocycles. The van der Waals surface area contributed by atoms with Crippen molar-refractivity contribution < 1.29 is 4.52 Å². The first kappa shape index (κ1) is 8.70. The molecule has 0 amide bonds. The molecule has 2 aromatic heterocycles. The fourth-order valence-electron chi connectivity index (χ4n) is 3.31. The summed E-state index contributed by atoms with van der Waals surface area (Å²) >= 11 is 0. The number of rotatable bonds is 0. The van der Waals surface area contributed by atoms with E-state index in [-0.39, 0.29) is 0 Å². The van der Waals surface area contributed by atoms with E-state index in [4.69, 9.17) is 0 Å². The predicted molar refractivity (Wildman–Crippen MR) is 70.9 cm³/mol. The van der Waals surface area contributed by atoms with Crippen molar-refractivity contribution in [3.63, 3.8) is 0 Å². The SMILES string of the molecule is c1cc2c3c(c1)cc[n+]1c4ccccc4c(n31)C2. The Morgan fingerprint density at radius 2 is 1.89 bits per heavy atom. The van der Waals surface area contributed by atoms with Crippen LogP contribution in [-0.2, 0) is 6.42 Å². The minimum atomic E-state index is 1.04. The number of aromatic nitrogens is 2. The van der Waals surface area contributed by atoms with Gasteiger partial charge in [0.1, 0.15) is 11.2 Å². The summed E-state index contributed by atoms with van der Waals surface area (Å²) < 4.78 is 4.64. The minimum absolute atomic E-state index is 1.04. The molecule has 18 heavy (non-hydrogen) atoms. The first-order valence-corrected chi connectivity index (χ1v) is 6.28. The zero-order chi connectivity index (χ0) is 11.7. The van der Waals surface area contributed by atoms with Gasteiger partial charge in [-0.05, 0) is 11.6 Å². The molecular formula is C16H11N2+. The zero-order valence-electron chi connectivity index (χ0n) is 9.80. The van der Waals surface area contributed by atoms with E-state index in [0.29, 0.717) is 0 Å². The average molecular weight is 231 g/mol. The summed E-state index contributed by atoms with van der Waals surface area (Å²) in [6.45, 7) is 0. The van der Waals surface area contributed by atoms with Gasteiger partial charge in [0.15, 0.2) is 0 Å². The standard InChI is InChI=1S/C16H11N2/c1-2-7-14-13(6-1)15-10-12-5-3-4-11-8-9-17(14)18(15)16(11)12/h1-9H,10H2/q+1. The van der Waals surface area contributed by atoms with E-state index in [0.717, 1.165) is 6.42 Å². The predicted octanol–water partition coefficient (Wildman–Crippen LogP) is 2.74. The van der Waals surface area contributed by atoms with Crippen molar-refractivity contribution in [1.29, 1.82) is 0 Å². The van der Waals surface area contributed by atoms with E-state index in [1.165, 1.54) is 33.1 Å². The van der Waals surface area contributed by atoms with Crippen LogP contribution in [0.1, 0.15) is 11.3 Å². The molecule has 1 aliphatic rings. The lowest BCUT2D eigenvalue weighted by molar-refractivity contribution is -0.589. The maximum atomic E-state index is 2.37. The van der Waals surface area contributed by atoms with Crippen molar-refractivity contribution in [3.8, 4) is 0 Å². The molecule has 0 unspecified atom stereocenters. The van der Waals surface area contributed by atoms with E-state index in [9.17, 15) is 0 Å². The lowest BCUT2D eigenvalue weighted by atomic mass is 10.1. The summed E-state index contributed by atoms with van der Waals surface area (Å²) in [6.07, 6.45) is 3.21. The molecule has 4 aromatic rings. The second-order valence-electron chi connectivity index (χ2n) is 4.97. The molecule has 5 rings (SSSR count). The fourth-order valence-corrected chi connectivity index (χ4v) is 3.31. The first-order chi connectivity index (χ1) is 8.93. The molecule has 0 saturated heterocycles. The third-order valence-electron chi connectivity index (χ3n) is 4.05. The van der Waals surface area contributed by atoms with Crippen LogP contribution in [0.4, 0.5) is 0 Å². The Labute approximate surface area is 104 Å². The summed E-state index contributed by atoms with van der Waals surface area (Å²) in [6, 6.07) is 17.4. The second kappa shape index (κ2) is 2.72. The van der Waals surface area contributed by atoms with Crippen LogP contribution in [0.25, 0.3) is 21.8 Å². The van der Waals surface area contributed by atoms with E-state index in [1.807, 2.05) is 0 Å². The van der Waals surface area contributed by atoms with Crippen LogP contribution in [-0.4, -0.2) is 4.52 Å². The lowest BCUT2D eigenvalue weighted by Crippen LogP contribution is -2.27. The van der Waals surface area contributed by atoms with Crippen LogP contribution >= 0.6 is 0 Å². The highest BCUT2D eigenvalue weighted by Gasteiger charge is 2.27. The van der Waals surface area contributed by atoms with E-state index < -0.39 is 0 Å². The first-order valence-electron chi connectivity index (χ1n) is 6.28. The van der Waals surface area contributed by atoms with Crippen LogP contribution in [0.15, 0.2) is 54.7 Å². The average Bonchev–Trinajstić information content (AvgIpc) is 2.94. The third kappa shape index (κ3) is 0.819. The summed E-state index contributed by atoms with van der Waals surface area (Å²) in [5.74, 6) is 0. The smallest absolute Gasteiger partial charge is 0.118 e. The van der Waals surface area contributed by atoms with Gasteiger partial charge in [0.2, 0.25) is 11.7 Å². The molecule has 2 nitrogen and oxygen atoms in total. The van der Waals surface area contributed by atoms with Gasteiger partial charge in [0.05, 0.1) is 5.39 Å². The van der Waals surface area contributed by atoms with Gasteiger partial charge in [-0.15, -0.1) is 4.52 Å². The molecule has 84 valence electrons. The molecule has 0 bridgehead atoms. The Kier molecular flexibility index (Phi) is 1.32. The molecule has 2 heteroatoms. The molecule has 0 fully saturated rings. The van der Waals surface area contributed by atoms with Crippen LogP contribution in [0.2, 0.25) is 0 Å². The van der Waals surface area contributed by atoms with E-state index in [1.54, 1.807) is 0 Å². The second-order valence-corrected chi connectivity index (χ2v) is 4.97. The zero-order valence-corrected chi connectivity index (χ0v) is 9.80. The highest BCUT2D eigenvalue weighted by molar-refractivity contribution is 5.88. The van der Waals surface area contributed by atoms with Crippen molar-refractivity contribution in [2.45, 2.75) is 6.42 Å². The third-order valence-corrected chi connectivity index (χ3v) is 4.05. The molecular weight excluding hydrogens is 220 g/mol. The number of para-hydroxylation sites is 2. The minimum Gasteiger partial charge on any atom is -0.118 e. The Morgan fingerprint density at radius 1 is 0.944 bits per heavy atom. The van der Waals surface area contributed by atoms with E-state index in [2.05, 4.69) is 63.8 Å². The number of benzene rings is 2. The summed E-state index contributed by atoms with van der Waals surface area (Å²) in [7, 11) is 0. The van der Waals surface area contributed by atoms with Crippen LogP contribution < -0.4 is 4.52 Å². The molecule has 0 spiro atoms. The van der Waals surface area contributed by atoms with Crippen molar-refractivity contribution in [2.75, 3.05) is 0 Å². The highest BCUT2D eigenvalue weighted by atomic mass is 15.3. The van der Waals surface area contributed by atoms with Crippen molar-refractivity contribution in [2.24, 2.45) is 0 Å². The van der Waals surface area contributed by atoms with Crippen LogP contribution in [0, 0.1) is 0 Å². The van der Waals surface area contributed by atoms with Crippen molar-refractivity contribution in [3.05, 3.63) is 66.0 Å². The Bertz CT molecular complexity index is 947. The topological polar surface area (TPSA) is 8.51 Å². The summed E-state index contributed by atoms with van der Waals surface area (Å²) in [5, 5.41) is 2.69. The van der Waals surface area contributed by atoms with Gasteiger partial charge < -0.3 is 0 Å². The van der Waals surface area contributed by atoms with Gasteiger partial charge in [-0.2, -0.15) is 0 Å². The summed E-state index contributed by atoms with van der Waals surface area (Å²) in [4.78, 5) is 0. The summed E-state index contributed by atoms with van der Waals surface area (Å²) in [5.41, 5.74) is 5.51. The lowest BCUT2D eigenvalue weighted by Gasteiger charge is -1.97. The van der Waals surface area contributed by atoms with Gasteiger partial charge in [-0.1, -0.05) is 34.8 Å². The Hall–Kier alpha value is -2.35. The maximum Gasteiger partial charge on any atom is 0.245 e. The molecule has 0 saturated carbocycles. The normalized spacial score (nSPS) is 13.3. The number of fused-ring (bicyclic) bond motifs is 3. The highest BCUT2D eigenvalue weighted by Crippen LogP contribution is 2.30. The van der Waals surface area contributed by atoms with Crippen molar-refractivity contribution >= 4 is 21.8 Å². The quantitative estimate of drug-likeness (QED) is 0.362. The number of hydrogen-bond donors (Lipinski definition) is 0. The van der Waals surface area contributed by atoms with Gasteiger partial charge >= 0.3 is 0 Å². The van der Waals surface area contributed by atoms with Gasteiger partial charge in [-0.3, -0.25) is 0 Å². The number of hydrogen-bond acceptors (Lipinski definition) is 0. The van der Waals surface area contributed by atoms with Gasteiger partial charge in [0, 0.05) is 23.9 Å². The largest absolute Gasteiger partial charge is 0.245 e. The van der Waals surface area contributed by atoms with Crippen molar-refractivity contribution in [1.82, 2.24) is 4.52 Å². The molecule has 0 N–H and O–H groups in total. The van der Waals surface area contributed by atoms with Crippen LogP contribution in [0.5, 0.6) is 0 Å². The maximum absolute atomic E-state index is 2.37. The Morgan fingerprint density at radius 3 is 2.89 bits per heavy atom. The monoisotopic (exact) mass is 231 g/mol. The van der Waals surface area contributed by atoms with Crippen LogP contribution in [0.3, 0.4) is 0 Å². The molecule has 3 heterocycles. The molecule has 2 aromatic carbocycles. The van der Waals surface area contributed by atoms with E-state index >= 15 is 0 Å².